The van der Waals surface area contributed by atoms with Crippen molar-refractivity contribution in [2.45, 2.75) is 18.9 Å². The number of benzene rings is 1. The first-order chi connectivity index (χ1) is 11.3. The fraction of sp³-hybridized carbons (Fsp3) is 0.438. The number of hydrogen-bond donors (Lipinski definition) is 1. The van der Waals surface area contributed by atoms with E-state index in [2.05, 4.69) is 31.1 Å². The molecule has 4 rings (SSSR count). The molecule has 0 atom stereocenters. The highest BCUT2D eigenvalue weighted by Crippen LogP contribution is 2.27. The maximum absolute atomic E-state index is 5.28. The molecule has 0 radical (unpaired) electrons. The zero-order valence-electron chi connectivity index (χ0n) is 13.0. The second-order valence-corrected chi connectivity index (χ2v) is 5.88. The number of likely N-dealkylation sites (tertiary alicyclic amines) is 1. The van der Waals surface area contributed by atoms with E-state index in [4.69, 9.17) is 9.26 Å². The molecular formula is C16H19N5O2. The summed E-state index contributed by atoms with van der Waals surface area (Å²) in [6.45, 7) is 3.21. The summed E-state index contributed by atoms with van der Waals surface area (Å²) in [6, 6.07) is 8.12. The van der Waals surface area contributed by atoms with Gasteiger partial charge in [0, 0.05) is 32.5 Å². The van der Waals surface area contributed by atoms with Crippen LogP contribution in [0.4, 0.5) is 0 Å². The number of rotatable bonds is 6. The molecule has 1 saturated heterocycles. The van der Waals surface area contributed by atoms with Crippen LogP contribution in [-0.4, -0.2) is 51.8 Å². The Labute approximate surface area is 133 Å². The molecule has 7 nitrogen and oxygen atoms in total. The molecular weight excluding hydrogens is 294 g/mol. The molecule has 23 heavy (non-hydrogen) atoms. The molecule has 1 aromatic carbocycles. The van der Waals surface area contributed by atoms with Gasteiger partial charge in [0.2, 0.25) is 5.89 Å². The normalized spacial score (nSPS) is 16.0. The largest absolute Gasteiger partial charge is 0.384 e. The van der Waals surface area contributed by atoms with Crippen molar-refractivity contribution in [1.82, 2.24) is 25.0 Å². The molecule has 1 aliphatic rings. The number of H-pyrrole nitrogens is 1. The Morgan fingerprint density at radius 1 is 1.30 bits per heavy atom. The van der Waals surface area contributed by atoms with Crippen LogP contribution in [0.15, 0.2) is 28.8 Å². The number of fused-ring (bicyclic) bond motifs is 1. The fourth-order valence-electron chi connectivity index (χ4n) is 2.88. The lowest BCUT2D eigenvalue weighted by Gasteiger charge is -2.36. The second-order valence-electron chi connectivity index (χ2n) is 5.88. The quantitative estimate of drug-likeness (QED) is 0.746. The van der Waals surface area contributed by atoms with Gasteiger partial charge in [-0.25, -0.2) is 4.98 Å². The van der Waals surface area contributed by atoms with Gasteiger partial charge in [0.1, 0.15) is 5.82 Å². The number of aromatic nitrogens is 4. The summed E-state index contributed by atoms with van der Waals surface area (Å²) < 4.78 is 10.3. The Balaban J connectivity index is 1.33. The Hall–Kier alpha value is -2.25. The third kappa shape index (κ3) is 2.97. The topological polar surface area (TPSA) is 80.1 Å². The van der Waals surface area contributed by atoms with E-state index < -0.39 is 0 Å². The summed E-state index contributed by atoms with van der Waals surface area (Å²) in [6.07, 6.45) is 0.682. The van der Waals surface area contributed by atoms with Crippen molar-refractivity contribution in [2.24, 2.45) is 0 Å². The van der Waals surface area contributed by atoms with Crippen LogP contribution in [-0.2, 0) is 17.7 Å². The highest BCUT2D eigenvalue weighted by atomic mass is 16.5. The van der Waals surface area contributed by atoms with E-state index in [0.29, 0.717) is 37.2 Å². The van der Waals surface area contributed by atoms with E-state index in [-0.39, 0.29) is 0 Å². The Kier molecular flexibility index (Phi) is 3.80. The number of nitrogens with zero attached hydrogens (tertiary/aromatic N) is 4. The monoisotopic (exact) mass is 313 g/mol. The average molecular weight is 313 g/mol. The number of hydrogen-bond acceptors (Lipinski definition) is 6. The van der Waals surface area contributed by atoms with Crippen LogP contribution in [0.25, 0.3) is 11.0 Å². The van der Waals surface area contributed by atoms with E-state index in [0.717, 1.165) is 29.9 Å². The second kappa shape index (κ2) is 6.10. The highest BCUT2D eigenvalue weighted by Gasteiger charge is 2.31. The minimum Gasteiger partial charge on any atom is -0.384 e. The summed E-state index contributed by atoms with van der Waals surface area (Å²) >= 11 is 0. The molecule has 0 aliphatic carbocycles. The third-order valence-corrected chi connectivity index (χ3v) is 4.15. The Morgan fingerprint density at radius 2 is 2.17 bits per heavy atom. The summed E-state index contributed by atoms with van der Waals surface area (Å²) in [5, 5.41) is 3.96. The Bertz CT molecular complexity index is 757. The van der Waals surface area contributed by atoms with Crippen molar-refractivity contribution in [2.75, 3.05) is 26.8 Å². The third-order valence-electron chi connectivity index (χ3n) is 4.15. The summed E-state index contributed by atoms with van der Waals surface area (Å²) in [5.74, 6) is 2.88. The zero-order chi connectivity index (χ0) is 15.6. The van der Waals surface area contributed by atoms with Crippen LogP contribution < -0.4 is 0 Å². The van der Waals surface area contributed by atoms with Gasteiger partial charge in [-0.3, -0.25) is 4.90 Å². The molecule has 1 fully saturated rings. The molecule has 0 bridgehead atoms. The van der Waals surface area contributed by atoms with Crippen molar-refractivity contribution >= 4 is 11.0 Å². The lowest BCUT2D eigenvalue weighted by Crippen LogP contribution is -2.44. The maximum atomic E-state index is 5.28. The molecule has 2 aromatic heterocycles. The minimum atomic E-state index is 0.443. The number of aromatic amines is 1. The van der Waals surface area contributed by atoms with E-state index >= 15 is 0 Å². The zero-order valence-corrected chi connectivity index (χ0v) is 13.0. The van der Waals surface area contributed by atoms with Gasteiger partial charge in [-0.1, -0.05) is 17.3 Å². The molecule has 3 aromatic rings. The van der Waals surface area contributed by atoms with Crippen LogP contribution >= 0.6 is 0 Å². The summed E-state index contributed by atoms with van der Waals surface area (Å²) in [4.78, 5) is 14.7. The van der Waals surface area contributed by atoms with Crippen LogP contribution in [0, 0.1) is 0 Å². The maximum Gasteiger partial charge on any atom is 0.240 e. The molecule has 3 heterocycles. The summed E-state index contributed by atoms with van der Waals surface area (Å²) in [5.41, 5.74) is 2.13. The number of nitrogens with one attached hydrogen (secondary N) is 1. The van der Waals surface area contributed by atoms with E-state index in [1.165, 1.54) is 0 Å². The molecule has 1 N–H and O–H groups in total. The SMILES string of the molecule is COCCc1noc(CN2CC(c3nc4ccccc4[nH]3)C2)n1. The van der Waals surface area contributed by atoms with E-state index in [9.17, 15) is 0 Å². The highest BCUT2D eigenvalue weighted by molar-refractivity contribution is 5.74. The van der Waals surface area contributed by atoms with Gasteiger partial charge in [0.25, 0.3) is 0 Å². The molecule has 7 heteroatoms. The van der Waals surface area contributed by atoms with E-state index in [1.807, 2.05) is 18.2 Å². The van der Waals surface area contributed by atoms with Gasteiger partial charge in [0.05, 0.1) is 24.2 Å². The van der Waals surface area contributed by atoms with Gasteiger partial charge in [-0.15, -0.1) is 0 Å². The van der Waals surface area contributed by atoms with Gasteiger partial charge >= 0.3 is 0 Å². The standard InChI is InChI=1S/C16H19N5O2/c1-22-7-6-14-19-15(23-20-14)10-21-8-11(9-21)16-17-12-4-2-3-5-13(12)18-16/h2-5,11H,6-10H2,1H3,(H,17,18). The molecule has 120 valence electrons. The average Bonchev–Trinajstić information content (AvgIpc) is 3.14. The molecule has 0 saturated carbocycles. The predicted octanol–water partition coefficient (Wildman–Crippen LogP) is 1.73. The Morgan fingerprint density at radius 3 is 3.00 bits per heavy atom. The van der Waals surface area contributed by atoms with Crippen molar-refractivity contribution in [3.8, 4) is 0 Å². The number of methoxy groups -OCH3 is 1. The summed E-state index contributed by atoms with van der Waals surface area (Å²) in [7, 11) is 1.67. The molecule has 1 aliphatic heterocycles. The van der Waals surface area contributed by atoms with Gasteiger partial charge < -0.3 is 14.2 Å². The molecule has 0 amide bonds. The van der Waals surface area contributed by atoms with Crippen LogP contribution in [0.2, 0.25) is 0 Å². The number of para-hydroxylation sites is 2. The van der Waals surface area contributed by atoms with Crippen molar-refractivity contribution < 1.29 is 9.26 Å². The van der Waals surface area contributed by atoms with Gasteiger partial charge in [-0.05, 0) is 12.1 Å². The molecule has 0 unspecified atom stereocenters. The van der Waals surface area contributed by atoms with Crippen LogP contribution in [0.1, 0.15) is 23.5 Å². The smallest absolute Gasteiger partial charge is 0.240 e. The predicted molar refractivity (Wildman–Crippen MR) is 84.0 cm³/mol. The first-order valence-corrected chi connectivity index (χ1v) is 7.79. The van der Waals surface area contributed by atoms with Crippen molar-refractivity contribution in [1.29, 1.82) is 0 Å². The first kappa shape index (κ1) is 14.3. The van der Waals surface area contributed by atoms with Gasteiger partial charge in [-0.2, -0.15) is 4.98 Å². The van der Waals surface area contributed by atoms with Crippen molar-refractivity contribution in [3.63, 3.8) is 0 Å². The lowest BCUT2D eigenvalue weighted by atomic mass is 10.00. The number of ether oxygens (including phenoxy) is 1. The fourth-order valence-corrected chi connectivity index (χ4v) is 2.88. The number of imidazole rings is 1. The lowest BCUT2D eigenvalue weighted by molar-refractivity contribution is 0.118. The van der Waals surface area contributed by atoms with Crippen LogP contribution in [0.3, 0.4) is 0 Å². The molecule has 0 spiro atoms. The van der Waals surface area contributed by atoms with Gasteiger partial charge in [0.15, 0.2) is 5.82 Å². The van der Waals surface area contributed by atoms with Crippen molar-refractivity contribution in [3.05, 3.63) is 41.8 Å². The first-order valence-electron chi connectivity index (χ1n) is 7.79. The van der Waals surface area contributed by atoms with E-state index in [1.54, 1.807) is 7.11 Å². The minimum absolute atomic E-state index is 0.443. The van der Waals surface area contributed by atoms with Crippen LogP contribution in [0.5, 0.6) is 0 Å².